The molecular formula is C29H28N2O7. The second-order valence-electron chi connectivity index (χ2n) is 10.6. The number of ether oxygens (including phenoxy) is 2. The molecule has 6 atom stereocenters. The summed E-state index contributed by atoms with van der Waals surface area (Å²) in [5.74, 6) is -3.98. The van der Waals surface area contributed by atoms with E-state index in [1.165, 1.54) is 19.1 Å². The molecule has 2 aliphatic carbocycles. The Morgan fingerprint density at radius 3 is 2.26 bits per heavy atom. The van der Waals surface area contributed by atoms with Gasteiger partial charge in [-0.2, -0.15) is 0 Å². The van der Waals surface area contributed by atoms with Crippen molar-refractivity contribution < 1.29 is 33.8 Å². The monoisotopic (exact) mass is 516 g/mol. The van der Waals surface area contributed by atoms with Crippen LogP contribution < -0.4 is 19.7 Å². The van der Waals surface area contributed by atoms with Crippen molar-refractivity contribution >= 4 is 29.3 Å². The van der Waals surface area contributed by atoms with Crippen LogP contribution in [0.2, 0.25) is 0 Å². The summed E-state index contributed by atoms with van der Waals surface area (Å²) >= 11 is 0. The first-order valence-electron chi connectivity index (χ1n) is 12.6. The molecule has 0 bridgehead atoms. The number of allylic oxidation sites excluding steroid dienone is 2. The highest BCUT2D eigenvalue weighted by Gasteiger charge is 2.67. The summed E-state index contributed by atoms with van der Waals surface area (Å²) in [6, 6.07) is 12.1. The first-order chi connectivity index (χ1) is 18.2. The number of anilines is 1. The zero-order chi connectivity index (χ0) is 26.9. The van der Waals surface area contributed by atoms with E-state index in [-0.39, 0.29) is 47.3 Å². The van der Waals surface area contributed by atoms with Gasteiger partial charge in [-0.1, -0.05) is 29.8 Å². The van der Waals surface area contributed by atoms with Gasteiger partial charge in [0.15, 0.2) is 11.5 Å². The van der Waals surface area contributed by atoms with Crippen LogP contribution in [0.25, 0.3) is 0 Å². The van der Waals surface area contributed by atoms with Crippen LogP contribution in [0.4, 0.5) is 5.69 Å². The average molecular weight is 517 g/mol. The molecular weight excluding hydrogens is 488 g/mol. The van der Waals surface area contributed by atoms with Crippen LogP contribution in [0, 0.1) is 29.1 Å². The summed E-state index contributed by atoms with van der Waals surface area (Å²) in [6.07, 6.45) is 2.61. The number of carbonyl (C=O) groups is 4. The molecule has 196 valence electrons. The number of fused-ring (bicyclic) bond motifs is 4. The van der Waals surface area contributed by atoms with Gasteiger partial charge in [-0.05, 0) is 55.5 Å². The van der Waals surface area contributed by atoms with E-state index < -0.39 is 35.0 Å². The third-order valence-electron chi connectivity index (χ3n) is 8.97. The van der Waals surface area contributed by atoms with Crippen molar-refractivity contribution in [2.75, 3.05) is 19.1 Å². The smallest absolute Gasteiger partial charge is 0.241 e. The Kier molecular flexibility index (Phi) is 5.38. The number of rotatable bonds is 4. The molecule has 2 aromatic carbocycles. The van der Waals surface area contributed by atoms with Gasteiger partial charge in [-0.15, -0.1) is 0 Å². The van der Waals surface area contributed by atoms with E-state index in [2.05, 4.69) is 5.32 Å². The van der Waals surface area contributed by atoms with Gasteiger partial charge in [-0.25, -0.2) is 4.90 Å². The summed E-state index contributed by atoms with van der Waals surface area (Å²) in [5, 5.41) is 13.1. The molecule has 2 aromatic rings. The molecule has 6 rings (SSSR count). The zero-order valence-corrected chi connectivity index (χ0v) is 21.3. The van der Waals surface area contributed by atoms with E-state index in [1.54, 1.807) is 43.3 Å². The van der Waals surface area contributed by atoms with Gasteiger partial charge < -0.3 is 14.6 Å². The van der Waals surface area contributed by atoms with Crippen molar-refractivity contribution in [3.8, 4) is 17.2 Å². The van der Waals surface area contributed by atoms with E-state index in [0.29, 0.717) is 17.7 Å². The molecule has 1 saturated carbocycles. The lowest BCUT2D eigenvalue weighted by Crippen LogP contribution is -2.48. The molecule has 2 aliphatic heterocycles. The number of benzene rings is 2. The molecule has 0 spiro atoms. The van der Waals surface area contributed by atoms with E-state index in [1.807, 2.05) is 12.1 Å². The van der Waals surface area contributed by atoms with Gasteiger partial charge in [0, 0.05) is 5.92 Å². The van der Waals surface area contributed by atoms with E-state index in [0.717, 1.165) is 5.57 Å². The predicted molar refractivity (Wildman–Crippen MR) is 135 cm³/mol. The Balaban J connectivity index is 1.58. The van der Waals surface area contributed by atoms with Crippen molar-refractivity contribution in [1.82, 2.24) is 5.32 Å². The molecule has 0 aromatic heterocycles. The Morgan fingerprint density at radius 2 is 1.63 bits per heavy atom. The van der Waals surface area contributed by atoms with E-state index in [4.69, 9.17) is 9.47 Å². The van der Waals surface area contributed by atoms with Crippen LogP contribution in [0.5, 0.6) is 17.2 Å². The van der Waals surface area contributed by atoms with Crippen molar-refractivity contribution in [1.29, 1.82) is 0 Å². The third-order valence-corrected chi connectivity index (χ3v) is 8.97. The number of imide groups is 2. The van der Waals surface area contributed by atoms with E-state index in [9.17, 15) is 24.3 Å². The number of nitrogens with one attached hydrogen (secondary N) is 1. The van der Waals surface area contributed by atoms with Gasteiger partial charge in [-0.3, -0.25) is 24.5 Å². The molecule has 2 saturated heterocycles. The molecule has 9 nitrogen and oxygen atoms in total. The fourth-order valence-corrected chi connectivity index (χ4v) is 7.21. The van der Waals surface area contributed by atoms with Gasteiger partial charge in [0.25, 0.3) is 0 Å². The van der Waals surface area contributed by atoms with Crippen LogP contribution >= 0.6 is 0 Å². The number of aromatic hydroxyl groups is 1. The highest BCUT2D eigenvalue weighted by Crippen LogP contribution is 2.63. The second kappa shape index (κ2) is 8.44. The summed E-state index contributed by atoms with van der Waals surface area (Å²) < 4.78 is 10.8. The van der Waals surface area contributed by atoms with Gasteiger partial charge in [0.05, 0.1) is 43.1 Å². The van der Waals surface area contributed by atoms with Gasteiger partial charge in [0.2, 0.25) is 29.4 Å². The number of methoxy groups -OCH3 is 2. The molecule has 3 fully saturated rings. The maximum Gasteiger partial charge on any atom is 0.241 e. The molecule has 2 N–H and O–H groups in total. The van der Waals surface area contributed by atoms with Crippen LogP contribution in [0.3, 0.4) is 0 Å². The molecule has 0 radical (unpaired) electrons. The fraction of sp³-hybridized carbons (Fsp3) is 0.379. The molecule has 4 amide bonds. The molecule has 38 heavy (non-hydrogen) atoms. The minimum absolute atomic E-state index is 0.168. The standard InChI is InChI=1S/C29H28N2O7/c1-29-19(27(35)31(28(29)36)15-7-5-4-6-8-15)13-18-16(9-10-17-22(18)26(34)30-25(17)33)23(29)14-11-20(37-2)24(32)21(12-14)38-3/h4-9,11-12,17-19,22-23,32H,10,13H2,1-3H3,(H,30,33,34)/t17-,18+,19-,22-,23-,29+/m0/s1. The van der Waals surface area contributed by atoms with Crippen LogP contribution in [-0.2, 0) is 19.2 Å². The highest BCUT2D eigenvalue weighted by atomic mass is 16.5. The Labute approximate surface area is 219 Å². The normalized spacial score (nSPS) is 31.8. The van der Waals surface area contributed by atoms with Crippen LogP contribution in [0.1, 0.15) is 31.2 Å². The molecule has 9 heteroatoms. The lowest BCUT2D eigenvalue weighted by Gasteiger charge is -2.49. The fourth-order valence-electron chi connectivity index (χ4n) is 7.21. The third kappa shape index (κ3) is 3.10. The quantitative estimate of drug-likeness (QED) is 0.473. The summed E-state index contributed by atoms with van der Waals surface area (Å²) in [4.78, 5) is 55.0. The van der Waals surface area contributed by atoms with Gasteiger partial charge >= 0.3 is 0 Å². The Hall–Kier alpha value is -4.14. The second-order valence-corrected chi connectivity index (χ2v) is 10.6. The molecule has 0 unspecified atom stereocenters. The lowest BCUT2D eigenvalue weighted by atomic mass is 9.51. The maximum absolute atomic E-state index is 14.3. The minimum Gasteiger partial charge on any atom is -0.502 e. The predicted octanol–water partition coefficient (Wildman–Crippen LogP) is 2.93. The van der Waals surface area contributed by atoms with Gasteiger partial charge in [0.1, 0.15) is 0 Å². The Bertz CT molecular complexity index is 1390. The first kappa shape index (κ1) is 24.2. The zero-order valence-electron chi connectivity index (χ0n) is 21.3. The summed E-state index contributed by atoms with van der Waals surface area (Å²) in [6.45, 7) is 1.81. The maximum atomic E-state index is 14.3. The minimum atomic E-state index is -1.19. The topological polar surface area (TPSA) is 122 Å². The number of nitrogens with zero attached hydrogens (tertiary/aromatic N) is 1. The van der Waals surface area contributed by atoms with Crippen LogP contribution in [-0.4, -0.2) is 43.0 Å². The largest absolute Gasteiger partial charge is 0.502 e. The number of phenols is 1. The number of amides is 4. The van der Waals surface area contributed by atoms with Crippen molar-refractivity contribution in [3.05, 3.63) is 59.7 Å². The summed E-state index contributed by atoms with van der Waals surface area (Å²) in [7, 11) is 2.85. The molecule has 4 aliphatic rings. The number of carbonyl (C=O) groups excluding carboxylic acids is 4. The highest BCUT2D eigenvalue weighted by molar-refractivity contribution is 6.24. The van der Waals surface area contributed by atoms with Crippen molar-refractivity contribution in [3.63, 3.8) is 0 Å². The SMILES string of the molecule is COc1cc([C@H]2C3=CC[C@@H]4C(=O)NC(=O)[C@@H]4[C@@H]3C[C@H]3C(=O)N(c4ccccc4)C(=O)[C@@]23C)cc(OC)c1O. The lowest BCUT2D eigenvalue weighted by molar-refractivity contribution is -0.131. The number of hydrogen-bond acceptors (Lipinski definition) is 7. The number of hydrogen-bond donors (Lipinski definition) is 2. The van der Waals surface area contributed by atoms with Crippen LogP contribution in [0.15, 0.2) is 54.1 Å². The van der Waals surface area contributed by atoms with Crippen molar-refractivity contribution in [2.24, 2.45) is 29.1 Å². The average Bonchev–Trinajstić information content (AvgIpc) is 3.31. The van der Waals surface area contributed by atoms with E-state index >= 15 is 0 Å². The summed E-state index contributed by atoms with van der Waals surface area (Å²) in [5.41, 5.74) is 0.773. The number of phenolic OH excluding ortho intramolecular Hbond substituents is 1. The first-order valence-corrected chi connectivity index (χ1v) is 12.6. The molecule has 2 heterocycles. The Morgan fingerprint density at radius 1 is 0.974 bits per heavy atom. The number of para-hydroxylation sites is 1. The van der Waals surface area contributed by atoms with Crippen molar-refractivity contribution in [2.45, 2.75) is 25.7 Å².